The predicted molar refractivity (Wildman–Crippen MR) is 73.8 cm³/mol. The van der Waals surface area contributed by atoms with Gasteiger partial charge in [-0.3, -0.25) is 0 Å². The van der Waals surface area contributed by atoms with Gasteiger partial charge in [-0.25, -0.2) is 0 Å². The van der Waals surface area contributed by atoms with Crippen LogP contribution < -0.4 is 5.32 Å². The molecule has 0 saturated heterocycles. The first-order valence-electron chi connectivity index (χ1n) is 6.31. The summed E-state index contributed by atoms with van der Waals surface area (Å²) >= 11 is 1.95. The van der Waals surface area contributed by atoms with Crippen molar-refractivity contribution in [3.05, 3.63) is 12.7 Å². The van der Waals surface area contributed by atoms with Gasteiger partial charge in [-0.15, -0.1) is 6.58 Å². The molecule has 0 aromatic rings. The minimum atomic E-state index is 1.08. The van der Waals surface area contributed by atoms with E-state index in [4.69, 9.17) is 0 Å². The zero-order valence-corrected chi connectivity index (χ0v) is 11.1. The Hall–Kier alpha value is 0.0500. The average Bonchev–Trinajstić information content (AvgIpc) is 2.26. The Bertz CT molecular complexity index is 126. The maximum Gasteiger partial charge on any atom is 0.0111 e. The van der Waals surface area contributed by atoms with Crippen LogP contribution in [0.15, 0.2) is 12.7 Å². The van der Waals surface area contributed by atoms with E-state index in [0.717, 1.165) is 12.3 Å². The van der Waals surface area contributed by atoms with E-state index < -0.39 is 0 Å². The molecule has 0 spiro atoms. The lowest BCUT2D eigenvalue weighted by Gasteiger charge is -2.03. The lowest BCUT2D eigenvalue weighted by Crippen LogP contribution is -2.18. The second-order valence-corrected chi connectivity index (χ2v) is 5.03. The van der Waals surface area contributed by atoms with Crippen LogP contribution in [0.3, 0.4) is 0 Å². The van der Waals surface area contributed by atoms with Crippen molar-refractivity contribution in [1.82, 2.24) is 5.32 Å². The minimum Gasteiger partial charge on any atom is -0.316 e. The van der Waals surface area contributed by atoms with Crippen LogP contribution in [0.2, 0.25) is 0 Å². The van der Waals surface area contributed by atoms with E-state index in [-0.39, 0.29) is 0 Å². The van der Waals surface area contributed by atoms with Crippen molar-refractivity contribution >= 4 is 11.8 Å². The second-order valence-electron chi connectivity index (χ2n) is 3.88. The smallest absolute Gasteiger partial charge is 0.0111 e. The van der Waals surface area contributed by atoms with Crippen LogP contribution in [0.4, 0.5) is 0 Å². The first-order valence-corrected chi connectivity index (χ1v) is 7.46. The Morgan fingerprint density at radius 1 is 1.07 bits per heavy atom. The number of hydrogen-bond donors (Lipinski definition) is 1. The Morgan fingerprint density at radius 2 is 1.80 bits per heavy atom. The summed E-state index contributed by atoms with van der Waals surface area (Å²) < 4.78 is 0. The fraction of sp³-hybridized carbons (Fsp3) is 0.846. The molecule has 0 rings (SSSR count). The first kappa shape index (κ1) is 15.0. The van der Waals surface area contributed by atoms with Crippen molar-refractivity contribution in [1.29, 1.82) is 0 Å². The Balaban J connectivity index is 2.83. The number of nitrogens with one attached hydrogen (secondary N) is 1. The van der Waals surface area contributed by atoms with E-state index in [1.54, 1.807) is 0 Å². The van der Waals surface area contributed by atoms with Gasteiger partial charge >= 0.3 is 0 Å². The van der Waals surface area contributed by atoms with Crippen LogP contribution in [0.25, 0.3) is 0 Å². The maximum atomic E-state index is 3.70. The zero-order chi connectivity index (χ0) is 11.2. The molecule has 1 N–H and O–H groups in total. The van der Waals surface area contributed by atoms with E-state index >= 15 is 0 Å². The highest BCUT2D eigenvalue weighted by atomic mass is 32.2. The Kier molecular flexibility index (Phi) is 14.1. The highest BCUT2D eigenvalue weighted by molar-refractivity contribution is 7.99. The lowest BCUT2D eigenvalue weighted by atomic mass is 10.1. The topological polar surface area (TPSA) is 12.0 Å². The van der Waals surface area contributed by atoms with E-state index in [1.807, 2.05) is 17.8 Å². The van der Waals surface area contributed by atoms with Crippen molar-refractivity contribution in [3.8, 4) is 0 Å². The molecule has 1 nitrogen and oxygen atoms in total. The van der Waals surface area contributed by atoms with E-state index in [9.17, 15) is 0 Å². The molecule has 0 aliphatic carbocycles. The molecule has 0 aromatic carbocycles. The highest BCUT2D eigenvalue weighted by Gasteiger charge is 1.90. The molecular weight excluding hydrogens is 202 g/mol. The fourth-order valence-corrected chi connectivity index (χ4v) is 2.09. The van der Waals surface area contributed by atoms with Gasteiger partial charge in [-0.2, -0.15) is 11.8 Å². The molecule has 90 valence electrons. The van der Waals surface area contributed by atoms with Crippen molar-refractivity contribution in [2.24, 2.45) is 0 Å². The van der Waals surface area contributed by atoms with E-state index in [1.165, 1.54) is 50.8 Å². The molecule has 0 fully saturated rings. The van der Waals surface area contributed by atoms with E-state index in [2.05, 4.69) is 18.8 Å². The molecule has 0 unspecified atom stereocenters. The molecule has 15 heavy (non-hydrogen) atoms. The van der Waals surface area contributed by atoms with Gasteiger partial charge in [0, 0.05) is 18.1 Å². The van der Waals surface area contributed by atoms with Gasteiger partial charge in [0.05, 0.1) is 0 Å². The molecule has 0 atom stereocenters. The van der Waals surface area contributed by atoms with Gasteiger partial charge < -0.3 is 5.32 Å². The molecular formula is C13H27NS. The Morgan fingerprint density at radius 3 is 2.53 bits per heavy atom. The van der Waals surface area contributed by atoms with Crippen molar-refractivity contribution < 1.29 is 0 Å². The van der Waals surface area contributed by atoms with Crippen LogP contribution >= 0.6 is 11.8 Å². The first-order chi connectivity index (χ1) is 7.41. The summed E-state index contributed by atoms with van der Waals surface area (Å²) in [6.45, 7) is 8.31. The molecule has 0 bridgehead atoms. The molecule has 2 heteroatoms. The van der Waals surface area contributed by atoms with E-state index in [0.29, 0.717) is 0 Å². The third-order valence-electron chi connectivity index (χ3n) is 2.37. The second kappa shape index (κ2) is 14.1. The quantitative estimate of drug-likeness (QED) is 0.403. The third kappa shape index (κ3) is 14.1. The number of hydrogen-bond acceptors (Lipinski definition) is 2. The van der Waals surface area contributed by atoms with Crippen molar-refractivity contribution in [3.63, 3.8) is 0 Å². The summed E-state index contributed by atoms with van der Waals surface area (Å²) in [5.41, 5.74) is 0. The third-order valence-corrected chi connectivity index (χ3v) is 3.33. The molecule has 0 aliphatic heterocycles. The van der Waals surface area contributed by atoms with Crippen LogP contribution in [-0.2, 0) is 0 Å². The standard InChI is InChI=1S/C13H27NS/c1-3-5-6-7-8-9-10-14-11-13-15-12-4-2/h4,14H,2-3,5-13H2,1H3. The number of rotatable bonds is 12. The van der Waals surface area contributed by atoms with Crippen LogP contribution in [0.1, 0.15) is 45.4 Å². The van der Waals surface area contributed by atoms with Gasteiger partial charge in [0.1, 0.15) is 0 Å². The monoisotopic (exact) mass is 229 g/mol. The van der Waals surface area contributed by atoms with Gasteiger partial charge in [0.15, 0.2) is 0 Å². The van der Waals surface area contributed by atoms with Gasteiger partial charge in [-0.05, 0) is 13.0 Å². The van der Waals surface area contributed by atoms with Crippen molar-refractivity contribution in [2.45, 2.75) is 45.4 Å². The predicted octanol–water partition coefficient (Wildman–Crippen LogP) is 3.86. The summed E-state index contributed by atoms with van der Waals surface area (Å²) in [7, 11) is 0. The molecule has 0 radical (unpaired) electrons. The molecule has 0 heterocycles. The summed E-state index contributed by atoms with van der Waals surface area (Å²) in [5, 5.41) is 3.48. The summed E-state index contributed by atoms with van der Waals surface area (Å²) in [6, 6.07) is 0. The lowest BCUT2D eigenvalue weighted by molar-refractivity contribution is 0.581. The summed E-state index contributed by atoms with van der Waals surface area (Å²) in [5.74, 6) is 2.29. The molecule has 0 amide bonds. The molecule has 0 aliphatic rings. The Labute approximate surface area is 100 Å². The van der Waals surface area contributed by atoms with Gasteiger partial charge in [0.2, 0.25) is 0 Å². The van der Waals surface area contributed by atoms with Crippen molar-refractivity contribution in [2.75, 3.05) is 24.6 Å². The number of thioether (sulfide) groups is 1. The number of unbranched alkanes of at least 4 members (excludes halogenated alkanes) is 5. The summed E-state index contributed by atoms with van der Waals surface area (Å²) in [6.07, 6.45) is 10.3. The minimum absolute atomic E-state index is 1.08. The zero-order valence-electron chi connectivity index (χ0n) is 10.3. The maximum absolute atomic E-state index is 3.70. The molecule has 0 aromatic heterocycles. The SMILES string of the molecule is C=CCSCCNCCCCCCCC. The largest absolute Gasteiger partial charge is 0.316 e. The molecule has 0 saturated carbocycles. The average molecular weight is 229 g/mol. The normalized spacial score (nSPS) is 10.5. The fourth-order valence-electron chi connectivity index (χ4n) is 1.47. The van der Waals surface area contributed by atoms with Crippen LogP contribution in [-0.4, -0.2) is 24.6 Å². The van der Waals surface area contributed by atoms with Gasteiger partial charge in [0.25, 0.3) is 0 Å². The van der Waals surface area contributed by atoms with Crippen LogP contribution in [0, 0.1) is 0 Å². The summed E-state index contributed by atoms with van der Waals surface area (Å²) in [4.78, 5) is 0. The van der Waals surface area contributed by atoms with Gasteiger partial charge in [-0.1, -0.05) is 45.1 Å². The van der Waals surface area contributed by atoms with Crippen LogP contribution in [0.5, 0.6) is 0 Å². The highest BCUT2D eigenvalue weighted by Crippen LogP contribution is 2.04.